The molecule has 18 heavy (non-hydrogen) atoms. The van der Waals surface area contributed by atoms with Crippen molar-refractivity contribution in [2.75, 3.05) is 0 Å². The van der Waals surface area contributed by atoms with Crippen LogP contribution in [-0.4, -0.2) is 4.90 Å². The maximum absolute atomic E-state index is 5.76. The third-order valence-electron chi connectivity index (χ3n) is 3.54. The van der Waals surface area contributed by atoms with Crippen LogP contribution in [0.2, 0.25) is 0 Å². The molecule has 1 aliphatic rings. The van der Waals surface area contributed by atoms with Crippen LogP contribution in [0.5, 0.6) is 0 Å². The van der Waals surface area contributed by atoms with E-state index in [9.17, 15) is 0 Å². The van der Waals surface area contributed by atoms with Gasteiger partial charge in [-0.1, -0.05) is 24.3 Å². The molecule has 0 radical (unpaired) electrons. The average molecular weight is 242 g/mol. The molecule has 3 heteroatoms. The van der Waals surface area contributed by atoms with Crippen LogP contribution in [-0.2, 0) is 26.2 Å². The van der Waals surface area contributed by atoms with E-state index in [-0.39, 0.29) is 0 Å². The van der Waals surface area contributed by atoms with E-state index in [0.29, 0.717) is 6.54 Å². The molecule has 0 saturated carbocycles. The van der Waals surface area contributed by atoms with Crippen LogP contribution in [0.4, 0.5) is 0 Å². The van der Waals surface area contributed by atoms with E-state index in [0.717, 1.165) is 36.7 Å². The van der Waals surface area contributed by atoms with E-state index in [2.05, 4.69) is 35.2 Å². The Morgan fingerprint density at radius 1 is 1.22 bits per heavy atom. The van der Waals surface area contributed by atoms with Gasteiger partial charge in [0.1, 0.15) is 11.5 Å². The van der Waals surface area contributed by atoms with Crippen molar-refractivity contribution in [1.29, 1.82) is 0 Å². The molecule has 0 atom stereocenters. The number of aryl methyl sites for hydroxylation is 1. The monoisotopic (exact) mass is 242 g/mol. The van der Waals surface area contributed by atoms with Crippen LogP contribution < -0.4 is 5.73 Å². The molecule has 0 spiro atoms. The summed E-state index contributed by atoms with van der Waals surface area (Å²) in [6, 6.07) is 10.7. The molecule has 0 saturated heterocycles. The van der Waals surface area contributed by atoms with Crippen molar-refractivity contribution >= 4 is 0 Å². The summed E-state index contributed by atoms with van der Waals surface area (Å²) in [5, 5.41) is 0. The first kappa shape index (κ1) is 11.5. The van der Waals surface area contributed by atoms with Gasteiger partial charge in [-0.3, -0.25) is 4.90 Å². The lowest BCUT2D eigenvalue weighted by Crippen LogP contribution is -2.15. The summed E-state index contributed by atoms with van der Waals surface area (Å²) >= 11 is 0. The standard InChI is InChI=1S/C15H18N2O/c1-11-6-14(18-15(11)7-16)10-17-8-12-4-2-3-5-13(12)9-17/h2-6H,7-10,16H2,1H3. The first-order valence-corrected chi connectivity index (χ1v) is 6.33. The predicted molar refractivity (Wildman–Crippen MR) is 70.7 cm³/mol. The minimum atomic E-state index is 0.478. The molecule has 3 nitrogen and oxygen atoms in total. The van der Waals surface area contributed by atoms with Gasteiger partial charge in [-0.05, 0) is 29.7 Å². The first-order valence-electron chi connectivity index (χ1n) is 6.33. The molecular formula is C15H18N2O. The van der Waals surface area contributed by atoms with Crippen LogP contribution in [0.3, 0.4) is 0 Å². The van der Waals surface area contributed by atoms with Crippen molar-refractivity contribution in [2.45, 2.75) is 33.1 Å². The van der Waals surface area contributed by atoms with Gasteiger partial charge in [-0.25, -0.2) is 0 Å². The highest BCUT2D eigenvalue weighted by molar-refractivity contribution is 5.30. The molecule has 2 heterocycles. The quantitative estimate of drug-likeness (QED) is 0.899. The molecule has 3 rings (SSSR count). The van der Waals surface area contributed by atoms with Crippen molar-refractivity contribution in [1.82, 2.24) is 4.90 Å². The molecule has 0 unspecified atom stereocenters. The Kier molecular flexibility index (Phi) is 2.94. The maximum atomic E-state index is 5.76. The summed E-state index contributed by atoms with van der Waals surface area (Å²) in [7, 11) is 0. The van der Waals surface area contributed by atoms with E-state index in [1.54, 1.807) is 0 Å². The van der Waals surface area contributed by atoms with Crippen molar-refractivity contribution in [3.63, 3.8) is 0 Å². The zero-order valence-corrected chi connectivity index (χ0v) is 10.6. The summed E-state index contributed by atoms with van der Waals surface area (Å²) in [5.74, 6) is 1.92. The highest BCUT2D eigenvalue weighted by atomic mass is 16.3. The zero-order chi connectivity index (χ0) is 12.5. The number of furan rings is 1. The number of nitrogens with two attached hydrogens (primary N) is 1. The summed E-state index contributed by atoms with van der Waals surface area (Å²) in [6.07, 6.45) is 0. The second-order valence-electron chi connectivity index (χ2n) is 4.94. The Morgan fingerprint density at radius 2 is 1.89 bits per heavy atom. The summed E-state index contributed by atoms with van der Waals surface area (Å²) in [4.78, 5) is 2.39. The van der Waals surface area contributed by atoms with Crippen LogP contribution in [0.15, 0.2) is 34.7 Å². The van der Waals surface area contributed by atoms with E-state index in [4.69, 9.17) is 10.2 Å². The van der Waals surface area contributed by atoms with Crippen LogP contribution in [0, 0.1) is 6.92 Å². The lowest BCUT2D eigenvalue weighted by molar-refractivity contribution is 0.248. The van der Waals surface area contributed by atoms with Gasteiger partial charge >= 0.3 is 0 Å². The minimum Gasteiger partial charge on any atom is -0.463 e. The maximum Gasteiger partial charge on any atom is 0.120 e. The Morgan fingerprint density at radius 3 is 2.44 bits per heavy atom. The van der Waals surface area contributed by atoms with Gasteiger partial charge in [0.2, 0.25) is 0 Å². The molecule has 2 N–H and O–H groups in total. The molecular weight excluding hydrogens is 224 g/mol. The second-order valence-corrected chi connectivity index (χ2v) is 4.94. The number of hydrogen-bond acceptors (Lipinski definition) is 3. The fourth-order valence-electron chi connectivity index (χ4n) is 2.61. The Hall–Kier alpha value is -1.58. The third-order valence-corrected chi connectivity index (χ3v) is 3.54. The first-order chi connectivity index (χ1) is 8.76. The number of benzene rings is 1. The van der Waals surface area contributed by atoms with Gasteiger partial charge < -0.3 is 10.2 Å². The second kappa shape index (κ2) is 4.59. The highest BCUT2D eigenvalue weighted by Crippen LogP contribution is 2.25. The van der Waals surface area contributed by atoms with Crippen LogP contribution in [0.25, 0.3) is 0 Å². The van der Waals surface area contributed by atoms with Crippen molar-refractivity contribution in [2.24, 2.45) is 5.73 Å². The topological polar surface area (TPSA) is 42.4 Å². The van der Waals surface area contributed by atoms with Crippen LogP contribution in [0.1, 0.15) is 28.2 Å². The number of hydrogen-bond donors (Lipinski definition) is 1. The van der Waals surface area contributed by atoms with Gasteiger partial charge in [0.25, 0.3) is 0 Å². The van der Waals surface area contributed by atoms with E-state index < -0.39 is 0 Å². The fourth-order valence-corrected chi connectivity index (χ4v) is 2.61. The average Bonchev–Trinajstić information content (AvgIpc) is 2.92. The Balaban J connectivity index is 1.72. The molecule has 0 bridgehead atoms. The molecule has 0 amide bonds. The highest BCUT2D eigenvalue weighted by Gasteiger charge is 2.19. The summed E-state index contributed by atoms with van der Waals surface area (Å²) < 4.78 is 5.76. The molecule has 2 aromatic rings. The van der Waals surface area contributed by atoms with Crippen molar-refractivity contribution < 1.29 is 4.42 Å². The molecule has 1 aromatic carbocycles. The summed E-state index contributed by atoms with van der Waals surface area (Å²) in [5.41, 5.74) is 9.65. The smallest absolute Gasteiger partial charge is 0.120 e. The van der Waals surface area contributed by atoms with E-state index in [1.165, 1.54) is 11.1 Å². The lowest BCUT2D eigenvalue weighted by atomic mass is 10.1. The normalized spacial score (nSPS) is 15.0. The van der Waals surface area contributed by atoms with Gasteiger partial charge in [-0.15, -0.1) is 0 Å². The van der Waals surface area contributed by atoms with Crippen LogP contribution >= 0.6 is 0 Å². The zero-order valence-electron chi connectivity index (χ0n) is 10.6. The van der Waals surface area contributed by atoms with Gasteiger partial charge in [0.15, 0.2) is 0 Å². The minimum absolute atomic E-state index is 0.478. The fraction of sp³-hybridized carbons (Fsp3) is 0.333. The molecule has 1 aromatic heterocycles. The van der Waals surface area contributed by atoms with E-state index >= 15 is 0 Å². The van der Waals surface area contributed by atoms with Crippen molar-refractivity contribution in [3.05, 3.63) is 58.5 Å². The number of fused-ring (bicyclic) bond motifs is 1. The van der Waals surface area contributed by atoms with Gasteiger partial charge in [0.05, 0.1) is 13.1 Å². The SMILES string of the molecule is Cc1cc(CN2Cc3ccccc3C2)oc1CN. The number of nitrogens with zero attached hydrogens (tertiary/aromatic N) is 1. The molecule has 0 aliphatic carbocycles. The van der Waals surface area contributed by atoms with E-state index in [1.807, 2.05) is 6.92 Å². The van der Waals surface area contributed by atoms with Crippen molar-refractivity contribution in [3.8, 4) is 0 Å². The molecule has 94 valence electrons. The summed E-state index contributed by atoms with van der Waals surface area (Å²) in [6.45, 7) is 5.40. The molecule has 1 aliphatic heterocycles. The Bertz CT molecular complexity index is 534. The molecule has 0 fully saturated rings. The van der Waals surface area contributed by atoms with Gasteiger partial charge in [0, 0.05) is 13.1 Å². The third kappa shape index (κ3) is 2.07. The van der Waals surface area contributed by atoms with Gasteiger partial charge in [-0.2, -0.15) is 0 Å². The predicted octanol–water partition coefficient (Wildman–Crippen LogP) is 2.56. The lowest BCUT2D eigenvalue weighted by Gasteiger charge is -2.12. The number of rotatable bonds is 3. The largest absolute Gasteiger partial charge is 0.463 e. The Labute approximate surface area is 107 Å².